The number of nitrogens with zero attached hydrogens (tertiary/aromatic N) is 1. The number of aryl methyl sites for hydroxylation is 2. The Kier molecular flexibility index (Phi) is 3.82. The van der Waals surface area contributed by atoms with Crippen LogP contribution in [0.3, 0.4) is 0 Å². The van der Waals surface area contributed by atoms with Crippen LogP contribution in [-0.2, 0) is 11.2 Å². The van der Waals surface area contributed by atoms with Gasteiger partial charge in [-0.25, -0.2) is 4.98 Å². The highest BCUT2D eigenvalue weighted by atomic mass is 79.9. The standard InChI is InChI=1S/C13H12BrNO2S/c1-7-3-4-9(5-10(7)14)13-15-8(2)11(18-13)6-12(16)17/h3-5H,6H2,1-2H3,(H,16,17). The number of benzene rings is 1. The Balaban J connectivity index is 2.39. The summed E-state index contributed by atoms with van der Waals surface area (Å²) in [5.74, 6) is -0.821. The molecule has 0 aliphatic rings. The fraction of sp³-hybridized carbons (Fsp3) is 0.231. The van der Waals surface area contributed by atoms with Crippen molar-refractivity contribution in [1.82, 2.24) is 4.98 Å². The van der Waals surface area contributed by atoms with Crippen LogP contribution < -0.4 is 0 Å². The van der Waals surface area contributed by atoms with Crippen molar-refractivity contribution >= 4 is 33.2 Å². The molecule has 0 unspecified atom stereocenters. The third kappa shape index (κ3) is 2.79. The molecular formula is C13H12BrNO2S. The topological polar surface area (TPSA) is 50.2 Å². The fourth-order valence-corrected chi connectivity index (χ4v) is 3.01. The first-order chi connectivity index (χ1) is 8.47. The lowest BCUT2D eigenvalue weighted by atomic mass is 10.2. The first kappa shape index (κ1) is 13.2. The number of thiazole rings is 1. The summed E-state index contributed by atoms with van der Waals surface area (Å²) in [7, 11) is 0. The molecule has 1 N–H and O–H groups in total. The second-order valence-electron chi connectivity index (χ2n) is 4.06. The lowest BCUT2D eigenvalue weighted by Crippen LogP contribution is -1.99. The first-order valence-electron chi connectivity index (χ1n) is 5.42. The zero-order chi connectivity index (χ0) is 13.3. The summed E-state index contributed by atoms with van der Waals surface area (Å²) in [4.78, 5) is 16.0. The van der Waals surface area contributed by atoms with E-state index in [0.29, 0.717) is 0 Å². The van der Waals surface area contributed by atoms with Gasteiger partial charge in [0.05, 0.1) is 12.1 Å². The number of carbonyl (C=O) groups is 1. The van der Waals surface area contributed by atoms with E-state index in [1.807, 2.05) is 32.0 Å². The zero-order valence-electron chi connectivity index (χ0n) is 10.0. The molecule has 0 saturated heterocycles. The van der Waals surface area contributed by atoms with E-state index in [-0.39, 0.29) is 6.42 Å². The maximum atomic E-state index is 10.7. The van der Waals surface area contributed by atoms with Gasteiger partial charge in [0.15, 0.2) is 0 Å². The van der Waals surface area contributed by atoms with Gasteiger partial charge in [-0.2, -0.15) is 0 Å². The van der Waals surface area contributed by atoms with Crippen LogP contribution in [0.2, 0.25) is 0 Å². The summed E-state index contributed by atoms with van der Waals surface area (Å²) in [6.45, 7) is 3.87. The highest BCUT2D eigenvalue weighted by Gasteiger charge is 2.12. The Labute approximate surface area is 118 Å². The number of hydrogen-bond acceptors (Lipinski definition) is 3. The normalized spacial score (nSPS) is 10.6. The second-order valence-corrected chi connectivity index (χ2v) is 6.00. The van der Waals surface area contributed by atoms with Gasteiger partial charge >= 0.3 is 5.97 Å². The average molecular weight is 326 g/mol. The molecule has 3 nitrogen and oxygen atoms in total. The predicted molar refractivity (Wildman–Crippen MR) is 76.1 cm³/mol. The molecule has 94 valence electrons. The number of halogens is 1. The summed E-state index contributed by atoms with van der Waals surface area (Å²) in [5.41, 5.74) is 2.98. The van der Waals surface area contributed by atoms with E-state index >= 15 is 0 Å². The van der Waals surface area contributed by atoms with Gasteiger partial charge in [0.25, 0.3) is 0 Å². The van der Waals surface area contributed by atoms with Crippen LogP contribution in [-0.4, -0.2) is 16.1 Å². The van der Waals surface area contributed by atoms with Gasteiger partial charge in [0, 0.05) is 14.9 Å². The molecule has 2 rings (SSSR count). The van der Waals surface area contributed by atoms with Crippen LogP contribution in [0.15, 0.2) is 22.7 Å². The monoisotopic (exact) mass is 325 g/mol. The molecule has 0 amide bonds. The third-order valence-electron chi connectivity index (χ3n) is 2.62. The van der Waals surface area contributed by atoms with E-state index in [4.69, 9.17) is 5.11 Å². The first-order valence-corrected chi connectivity index (χ1v) is 7.03. The summed E-state index contributed by atoms with van der Waals surface area (Å²) < 4.78 is 1.03. The number of aliphatic carboxylic acids is 1. The van der Waals surface area contributed by atoms with Crippen LogP contribution in [0.4, 0.5) is 0 Å². The molecule has 0 aliphatic heterocycles. The van der Waals surface area contributed by atoms with Gasteiger partial charge in [-0.1, -0.05) is 28.1 Å². The van der Waals surface area contributed by atoms with Gasteiger partial charge in [-0.3, -0.25) is 4.79 Å². The summed E-state index contributed by atoms with van der Waals surface area (Å²) in [5, 5.41) is 9.69. The quantitative estimate of drug-likeness (QED) is 0.933. The number of hydrogen-bond donors (Lipinski definition) is 1. The van der Waals surface area contributed by atoms with Crippen molar-refractivity contribution in [2.24, 2.45) is 0 Å². The number of aromatic nitrogens is 1. The highest BCUT2D eigenvalue weighted by molar-refractivity contribution is 9.10. The molecular weight excluding hydrogens is 314 g/mol. The number of carboxylic acid groups (broad SMARTS) is 1. The largest absolute Gasteiger partial charge is 0.481 e. The van der Waals surface area contributed by atoms with Crippen molar-refractivity contribution < 1.29 is 9.90 Å². The molecule has 1 aromatic heterocycles. The number of carboxylic acids is 1. The van der Waals surface area contributed by atoms with Crippen molar-refractivity contribution in [1.29, 1.82) is 0 Å². The van der Waals surface area contributed by atoms with Gasteiger partial charge in [0.2, 0.25) is 0 Å². The molecule has 0 bridgehead atoms. The van der Waals surface area contributed by atoms with Crippen LogP contribution >= 0.6 is 27.3 Å². The van der Waals surface area contributed by atoms with Crippen LogP contribution in [0, 0.1) is 13.8 Å². The van der Waals surface area contributed by atoms with E-state index in [1.54, 1.807) is 0 Å². The molecule has 18 heavy (non-hydrogen) atoms. The Hall–Kier alpha value is -1.20. The minimum Gasteiger partial charge on any atom is -0.481 e. The van der Waals surface area contributed by atoms with Crippen molar-refractivity contribution in [3.8, 4) is 10.6 Å². The predicted octanol–water partition coefficient (Wildman–Crippen LogP) is 3.82. The van der Waals surface area contributed by atoms with Gasteiger partial charge in [0.1, 0.15) is 5.01 Å². The Morgan fingerprint density at radius 1 is 1.44 bits per heavy atom. The minimum atomic E-state index is -0.821. The molecule has 0 spiro atoms. The van der Waals surface area contributed by atoms with Gasteiger partial charge < -0.3 is 5.11 Å². The van der Waals surface area contributed by atoms with Gasteiger partial charge in [-0.15, -0.1) is 11.3 Å². The molecule has 0 fully saturated rings. The summed E-state index contributed by atoms with van der Waals surface area (Å²) >= 11 is 4.93. The Bertz CT molecular complexity index is 607. The lowest BCUT2D eigenvalue weighted by molar-refractivity contribution is -0.136. The van der Waals surface area contributed by atoms with E-state index in [1.165, 1.54) is 11.3 Å². The van der Waals surface area contributed by atoms with Crippen molar-refractivity contribution in [2.45, 2.75) is 20.3 Å². The SMILES string of the molecule is Cc1ccc(-c2nc(C)c(CC(=O)O)s2)cc1Br. The Morgan fingerprint density at radius 3 is 2.78 bits per heavy atom. The summed E-state index contributed by atoms with van der Waals surface area (Å²) in [6, 6.07) is 6.04. The lowest BCUT2D eigenvalue weighted by Gasteiger charge is -2.00. The van der Waals surface area contributed by atoms with Crippen LogP contribution in [0.25, 0.3) is 10.6 Å². The van der Waals surface area contributed by atoms with Crippen molar-refractivity contribution in [3.63, 3.8) is 0 Å². The minimum absolute atomic E-state index is 0.0382. The maximum Gasteiger partial charge on any atom is 0.308 e. The average Bonchev–Trinajstić information content (AvgIpc) is 2.63. The fourth-order valence-electron chi connectivity index (χ4n) is 1.58. The van der Waals surface area contributed by atoms with E-state index in [9.17, 15) is 4.79 Å². The third-order valence-corrected chi connectivity index (χ3v) is 4.68. The molecule has 5 heteroatoms. The van der Waals surface area contributed by atoms with E-state index in [2.05, 4.69) is 20.9 Å². The van der Waals surface area contributed by atoms with Crippen molar-refractivity contribution in [2.75, 3.05) is 0 Å². The van der Waals surface area contributed by atoms with E-state index in [0.717, 1.165) is 31.2 Å². The highest BCUT2D eigenvalue weighted by Crippen LogP contribution is 2.31. The molecule has 0 radical (unpaired) electrons. The molecule has 1 aromatic carbocycles. The maximum absolute atomic E-state index is 10.7. The summed E-state index contributed by atoms with van der Waals surface area (Å²) in [6.07, 6.45) is 0.0382. The Morgan fingerprint density at radius 2 is 2.17 bits per heavy atom. The molecule has 2 aromatic rings. The van der Waals surface area contributed by atoms with Gasteiger partial charge in [-0.05, 0) is 25.5 Å². The molecule has 0 saturated carbocycles. The zero-order valence-corrected chi connectivity index (χ0v) is 12.4. The van der Waals surface area contributed by atoms with Crippen LogP contribution in [0.5, 0.6) is 0 Å². The molecule has 0 aliphatic carbocycles. The van der Waals surface area contributed by atoms with Crippen molar-refractivity contribution in [3.05, 3.63) is 38.8 Å². The number of rotatable bonds is 3. The second kappa shape index (κ2) is 5.20. The van der Waals surface area contributed by atoms with Crippen LogP contribution in [0.1, 0.15) is 16.1 Å². The molecule has 1 heterocycles. The molecule has 0 atom stereocenters. The van der Waals surface area contributed by atoms with E-state index < -0.39 is 5.97 Å². The smallest absolute Gasteiger partial charge is 0.308 e.